The molecule has 0 spiro atoms. The van der Waals surface area contributed by atoms with Crippen LogP contribution < -0.4 is 10.6 Å². The summed E-state index contributed by atoms with van der Waals surface area (Å²) in [4.78, 5) is 5.95. The third-order valence-corrected chi connectivity index (χ3v) is 3.93. The van der Waals surface area contributed by atoms with E-state index in [1.54, 1.807) is 12.1 Å². The van der Waals surface area contributed by atoms with Gasteiger partial charge in [0.05, 0.1) is 11.4 Å². The van der Waals surface area contributed by atoms with Crippen LogP contribution in [-0.4, -0.2) is 16.9 Å². The van der Waals surface area contributed by atoms with Gasteiger partial charge >= 0.3 is 6.18 Å². The van der Waals surface area contributed by atoms with Crippen LogP contribution in [0.25, 0.3) is 0 Å². The van der Waals surface area contributed by atoms with Crippen LogP contribution >= 0.6 is 0 Å². The molecular formula is C21H17F3N4. The van der Waals surface area contributed by atoms with Gasteiger partial charge in [0.2, 0.25) is 0 Å². The maximum Gasteiger partial charge on any atom is 0.430 e. The molecular weight excluding hydrogens is 365 g/mol. The van der Waals surface area contributed by atoms with Crippen LogP contribution in [0.3, 0.4) is 0 Å². The second-order valence-corrected chi connectivity index (χ2v) is 5.92. The summed E-state index contributed by atoms with van der Waals surface area (Å²) in [5, 5.41) is 7.95. The van der Waals surface area contributed by atoms with E-state index >= 15 is 0 Å². The first-order valence-electron chi connectivity index (χ1n) is 8.36. The molecule has 0 amide bonds. The lowest BCUT2D eigenvalue weighted by molar-refractivity contribution is -0.0925. The number of nitrogens with zero attached hydrogens (tertiary/aromatic N) is 2. The highest BCUT2D eigenvalue weighted by molar-refractivity contribution is 6.06. The number of hydrogen-bond acceptors (Lipinski definition) is 4. The fourth-order valence-electron chi connectivity index (χ4n) is 2.62. The van der Waals surface area contributed by atoms with Crippen LogP contribution in [-0.2, 0) is 0 Å². The van der Waals surface area contributed by atoms with Crippen LogP contribution in [0.5, 0.6) is 0 Å². The molecule has 0 unspecified atom stereocenters. The number of para-hydroxylation sites is 2. The smallest absolute Gasteiger partial charge is 0.395 e. The lowest BCUT2D eigenvalue weighted by atomic mass is 10.1. The lowest BCUT2D eigenvalue weighted by Crippen LogP contribution is -2.21. The average Bonchev–Trinajstić information content (AvgIpc) is 2.69. The second-order valence-electron chi connectivity index (χ2n) is 5.92. The van der Waals surface area contributed by atoms with Gasteiger partial charge in [-0.1, -0.05) is 36.4 Å². The molecule has 1 heterocycles. The largest absolute Gasteiger partial charge is 0.430 e. The van der Waals surface area contributed by atoms with E-state index in [2.05, 4.69) is 4.98 Å². The molecule has 0 saturated heterocycles. The number of aromatic nitrogens is 1. The van der Waals surface area contributed by atoms with E-state index in [0.29, 0.717) is 11.8 Å². The SMILES string of the molecule is N=C(C=C(N)C(F)(F)F)c1cc(N(c2ccccc2)c2ccccc2)ccn1. The Morgan fingerprint density at radius 2 is 1.43 bits per heavy atom. The number of halogens is 3. The zero-order chi connectivity index (χ0) is 20.1. The fourth-order valence-corrected chi connectivity index (χ4v) is 2.62. The number of hydrogen-bond donors (Lipinski definition) is 2. The molecule has 0 radical (unpaired) electrons. The van der Waals surface area contributed by atoms with Gasteiger partial charge in [0.15, 0.2) is 0 Å². The van der Waals surface area contributed by atoms with E-state index in [9.17, 15) is 13.2 Å². The van der Waals surface area contributed by atoms with Crippen LogP contribution in [0, 0.1) is 5.41 Å². The summed E-state index contributed by atoms with van der Waals surface area (Å²) >= 11 is 0. The van der Waals surface area contributed by atoms with E-state index < -0.39 is 17.6 Å². The number of rotatable bonds is 5. The number of alkyl halides is 3. The Bertz CT molecular complexity index is 944. The minimum absolute atomic E-state index is 0.0848. The first-order valence-corrected chi connectivity index (χ1v) is 8.36. The first-order chi connectivity index (χ1) is 13.4. The topological polar surface area (TPSA) is 66.0 Å². The molecule has 4 nitrogen and oxygen atoms in total. The Balaban J connectivity index is 2.04. The third-order valence-electron chi connectivity index (χ3n) is 3.93. The van der Waals surface area contributed by atoms with Crippen molar-refractivity contribution in [2.75, 3.05) is 4.90 Å². The summed E-state index contributed by atoms with van der Waals surface area (Å²) in [6.45, 7) is 0. The van der Waals surface area contributed by atoms with Gasteiger partial charge in [0.1, 0.15) is 5.70 Å². The Morgan fingerprint density at radius 3 is 1.93 bits per heavy atom. The quantitative estimate of drug-likeness (QED) is 0.587. The van der Waals surface area contributed by atoms with Gasteiger partial charge in [-0.25, -0.2) is 0 Å². The van der Waals surface area contributed by atoms with Crippen molar-refractivity contribution in [1.82, 2.24) is 4.98 Å². The number of nitrogens with one attached hydrogen (secondary N) is 1. The Labute approximate surface area is 160 Å². The lowest BCUT2D eigenvalue weighted by Gasteiger charge is -2.25. The molecule has 0 aliphatic rings. The fraction of sp³-hybridized carbons (Fsp3) is 0.0476. The van der Waals surface area contributed by atoms with Crippen LogP contribution in [0.4, 0.5) is 30.2 Å². The van der Waals surface area contributed by atoms with Crippen molar-refractivity contribution in [3.8, 4) is 0 Å². The number of pyridine rings is 1. The first kappa shape index (κ1) is 19.2. The molecule has 7 heteroatoms. The van der Waals surface area contributed by atoms with E-state index in [1.165, 1.54) is 6.20 Å². The van der Waals surface area contributed by atoms with Crippen molar-refractivity contribution in [2.24, 2.45) is 5.73 Å². The minimum Gasteiger partial charge on any atom is -0.395 e. The number of anilines is 3. The maximum absolute atomic E-state index is 12.7. The summed E-state index contributed by atoms with van der Waals surface area (Å²) in [7, 11) is 0. The van der Waals surface area contributed by atoms with Crippen LogP contribution in [0.2, 0.25) is 0 Å². The molecule has 0 atom stereocenters. The molecule has 3 N–H and O–H groups in total. The standard InChI is InChI=1S/C21H17F3N4/c22-21(23,24)20(26)14-18(25)19-13-17(11-12-27-19)28(15-7-3-1-4-8-15)16-9-5-2-6-10-16/h1-14,25H,26H2. The summed E-state index contributed by atoms with van der Waals surface area (Å²) in [5.74, 6) is 0. The van der Waals surface area contributed by atoms with E-state index in [1.807, 2.05) is 65.6 Å². The summed E-state index contributed by atoms with van der Waals surface area (Å²) in [6.07, 6.45) is -2.67. The van der Waals surface area contributed by atoms with Gasteiger partial charge < -0.3 is 10.6 Å². The zero-order valence-electron chi connectivity index (χ0n) is 14.7. The number of nitrogens with two attached hydrogens (primary N) is 1. The highest BCUT2D eigenvalue weighted by atomic mass is 19.4. The van der Waals surface area contributed by atoms with E-state index in [0.717, 1.165) is 11.4 Å². The molecule has 28 heavy (non-hydrogen) atoms. The van der Waals surface area contributed by atoms with E-state index in [-0.39, 0.29) is 5.69 Å². The summed E-state index contributed by atoms with van der Waals surface area (Å²) < 4.78 is 38.0. The highest BCUT2D eigenvalue weighted by Crippen LogP contribution is 2.34. The zero-order valence-corrected chi connectivity index (χ0v) is 14.7. The number of benzene rings is 2. The maximum atomic E-state index is 12.7. The Morgan fingerprint density at radius 1 is 0.893 bits per heavy atom. The van der Waals surface area contributed by atoms with Gasteiger partial charge in [0, 0.05) is 23.3 Å². The molecule has 0 saturated carbocycles. The van der Waals surface area contributed by atoms with Crippen molar-refractivity contribution in [2.45, 2.75) is 6.18 Å². The predicted molar refractivity (Wildman–Crippen MR) is 104 cm³/mol. The van der Waals surface area contributed by atoms with Gasteiger partial charge in [-0.15, -0.1) is 0 Å². The van der Waals surface area contributed by atoms with Crippen molar-refractivity contribution < 1.29 is 13.2 Å². The number of allylic oxidation sites excluding steroid dienone is 2. The minimum atomic E-state index is -4.69. The third kappa shape index (κ3) is 4.37. The molecule has 0 aliphatic heterocycles. The normalized spacial score (nSPS) is 11.9. The van der Waals surface area contributed by atoms with Crippen LogP contribution in [0.1, 0.15) is 5.69 Å². The monoisotopic (exact) mass is 382 g/mol. The molecule has 3 rings (SSSR count). The van der Waals surface area contributed by atoms with Crippen molar-refractivity contribution in [1.29, 1.82) is 5.41 Å². The van der Waals surface area contributed by atoms with Gasteiger partial charge in [0.25, 0.3) is 0 Å². The summed E-state index contributed by atoms with van der Waals surface area (Å²) in [5.41, 5.74) is 5.74. The van der Waals surface area contributed by atoms with Crippen molar-refractivity contribution in [3.05, 3.63) is 96.5 Å². The van der Waals surface area contributed by atoms with E-state index in [4.69, 9.17) is 11.1 Å². The highest BCUT2D eigenvalue weighted by Gasteiger charge is 2.31. The molecule has 0 bridgehead atoms. The average molecular weight is 382 g/mol. The summed E-state index contributed by atoms with van der Waals surface area (Å²) in [6, 6.07) is 22.3. The molecule has 2 aromatic carbocycles. The van der Waals surface area contributed by atoms with Crippen LogP contribution in [0.15, 0.2) is 90.8 Å². The van der Waals surface area contributed by atoms with Crippen molar-refractivity contribution >= 4 is 22.8 Å². The van der Waals surface area contributed by atoms with Gasteiger partial charge in [-0.05, 0) is 42.5 Å². The second kappa shape index (κ2) is 7.96. The molecule has 0 fully saturated rings. The Kier molecular flexibility index (Phi) is 5.44. The molecule has 142 valence electrons. The molecule has 3 aromatic rings. The molecule has 0 aliphatic carbocycles. The van der Waals surface area contributed by atoms with Gasteiger partial charge in [-0.3, -0.25) is 10.4 Å². The molecule has 1 aromatic heterocycles. The predicted octanol–water partition coefficient (Wildman–Crippen LogP) is 5.32. The Hall–Kier alpha value is -3.61. The van der Waals surface area contributed by atoms with Gasteiger partial charge in [-0.2, -0.15) is 13.2 Å². The van der Waals surface area contributed by atoms with Crippen molar-refractivity contribution in [3.63, 3.8) is 0 Å².